The fraction of sp³-hybridized carbons (Fsp3) is 0. The third-order valence-electron chi connectivity index (χ3n) is 3.32. The number of nitrogens with one attached hydrogen (secondary N) is 2. The Balaban J connectivity index is 1.67. The van der Waals surface area contributed by atoms with Crippen LogP contribution in [0.4, 0.5) is 11.4 Å². The average Bonchev–Trinajstić information content (AvgIpc) is 3.13. The normalized spacial score (nSPS) is 10.3. The van der Waals surface area contributed by atoms with Crippen LogP contribution < -0.4 is 10.6 Å². The molecule has 25 heavy (non-hydrogen) atoms. The number of furan rings is 1. The highest BCUT2D eigenvalue weighted by Gasteiger charge is 2.12. The van der Waals surface area contributed by atoms with Crippen molar-refractivity contribution in [3.05, 3.63) is 80.8 Å². The molecule has 0 atom stereocenters. The van der Waals surface area contributed by atoms with Gasteiger partial charge in [-0.25, -0.2) is 0 Å². The number of hydrogen-bond donors (Lipinski definition) is 2. The summed E-state index contributed by atoms with van der Waals surface area (Å²) in [6, 6.07) is 15.2. The maximum Gasteiger partial charge on any atom is 0.291 e. The van der Waals surface area contributed by atoms with Gasteiger partial charge < -0.3 is 15.1 Å². The van der Waals surface area contributed by atoms with Crippen LogP contribution in [0.1, 0.15) is 20.9 Å². The Bertz CT molecular complexity index is 909. The van der Waals surface area contributed by atoms with E-state index in [1.807, 2.05) is 6.07 Å². The fourth-order valence-corrected chi connectivity index (χ4v) is 2.80. The summed E-state index contributed by atoms with van der Waals surface area (Å²) in [6.45, 7) is 0. The topological polar surface area (TPSA) is 71.3 Å². The van der Waals surface area contributed by atoms with E-state index in [-0.39, 0.29) is 17.6 Å². The lowest BCUT2D eigenvalue weighted by molar-refractivity contribution is 0.0994. The molecule has 0 unspecified atom stereocenters. The maximum absolute atomic E-state index is 12.3. The number of amides is 2. The van der Waals surface area contributed by atoms with Gasteiger partial charge in [0.1, 0.15) is 0 Å². The highest BCUT2D eigenvalue weighted by atomic mass is 127. The van der Waals surface area contributed by atoms with E-state index in [1.165, 1.54) is 6.26 Å². The molecular weight excluding hydrogens is 455 g/mol. The lowest BCUT2D eigenvalue weighted by Crippen LogP contribution is -2.13. The highest BCUT2D eigenvalue weighted by molar-refractivity contribution is 14.1. The Morgan fingerprint density at radius 3 is 2.16 bits per heavy atom. The van der Waals surface area contributed by atoms with Crippen molar-refractivity contribution in [1.82, 2.24) is 0 Å². The Morgan fingerprint density at radius 2 is 1.56 bits per heavy atom. The molecule has 0 fully saturated rings. The number of anilines is 2. The molecule has 0 aliphatic carbocycles. The van der Waals surface area contributed by atoms with Crippen LogP contribution in [0.15, 0.2) is 65.3 Å². The van der Waals surface area contributed by atoms with Gasteiger partial charge in [-0.3, -0.25) is 9.59 Å². The summed E-state index contributed by atoms with van der Waals surface area (Å²) in [5.41, 5.74) is 1.59. The molecule has 0 bridgehead atoms. The molecule has 2 N–H and O–H groups in total. The van der Waals surface area contributed by atoms with Crippen LogP contribution in [0.5, 0.6) is 0 Å². The Hall–Kier alpha value is -2.32. The molecule has 7 heteroatoms. The van der Waals surface area contributed by atoms with E-state index in [0.717, 1.165) is 3.57 Å². The van der Waals surface area contributed by atoms with Gasteiger partial charge in [0.25, 0.3) is 11.8 Å². The number of benzene rings is 2. The lowest BCUT2D eigenvalue weighted by Gasteiger charge is -2.09. The van der Waals surface area contributed by atoms with Crippen LogP contribution in [0.3, 0.4) is 0 Å². The van der Waals surface area contributed by atoms with E-state index in [9.17, 15) is 9.59 Å². The predicted octanol–water partition coefficient (Wildman–Crippen LogP) is 5.04. The quantitative estimate of drug-likeness (QED) is 0.529. The van der Waals surface area contributed by atoms with E-state index in [0.29, 0.717) is 22.0 Å². The molecule has 0 radical (unpaired) electrons. The molecule has 0 spiro atoms. The molecule has 0 saturated carbocycles. The number of rotatable bonds is 4. The lowest BCUT2D eigenvalue weighted by atomic mass is 10.2. The summed E-state index contributed by atoms with van der Waals surface area (Å²) in [7, 11) is 0. The second-order valence-electron chi connectivity index (χ2n) is 5.09. The smallest absolute Gasteiger partial charge is 0.291 e. The number of carbonyl (C=O) groups is 2. The first-order chi connectivity index (χ1) is 12.0. The summed E-state index contributed by atoms with van der Waals surface area (Å²) in [5, 5.41) is 5.87. The Kier molecular flexibility index (Phi) is 5.40. The zero-order valence-electron chi connectivity index (χ0n) is 12.8. The first-order valence-electron chi connectivity index (χ1n) is 7.24. The predicted molar refractivity (Wildman–Crippen MR) is 105 cm³/mol. The minimum atomic E-state index is -0.340. The van der Waals surface area contributed by atoms with E-state index in [4.69, 9.17) is 16.0 Å². The molecule has 2 amide bonds. The minimum absolute atomic E-state index is 0.228. The summed E-state index contributed by atoms with van der Waals surface area (Å²) in [5.74, 6) is -0.408. The van der Waals surface area contributed by atoms with E-state index >= 15 is 0 Å². The van der Waals surface area contributed by atoms with Crippen molar-refractivity contribution < 1.29 is 14.0 Å². The zero-order chi connectivity index (χ0) is 17.8. The van der Waals surface area contributed by atoms with Gasteiger partial charge in [-0.15, -0.1) is 0 Å². The van der Waals surface area contributed by atoms with E-state index in [1.54, 1.807) is 48.5 Å². The van der Waals surface area contributed by atoms with Gasteiger partial charge in [0.05, 0.1) is 16.8 Å². The Labute approximate surface area is 162 Å². The van der Waals surface area contributed by atoms with Crippen molar-refractivity contribution in [2.24, 2.45) is 0 Å². The van der Waals surface area contributed by atoms with Crippen LogP contribution in [-0.2, 0) is 0 Å². The standard InChI is InChI=1S/C18H12ClIN2O3/c19-15-8-3-11(20)10-14(15)17(23)21-12-4-6-13(7-5-12)22-18(24)16-2-1-9-25-16/h1-10H,(H,21,23)(H,22,24). The zero-order valence-corrected chi connectivity index (χ0v) is 15.7. The van der Waals surface area contributed by atoms with Crippen molar-refractivity contribution in [2.45, 2.75) is 0 Å². The van der Waals surface area contributed by atoms with Gasteiger partial charge in [-0.1, -0.05) is 11.6 Å². The first-order valence-corrected chi connectivity index (χ1v) is 8.70. The van der Waals surface area contributed by atoms with Crippen LogP contribution >= 0.6 is 34.2 Å². The largest absolute Gasteiger partial charge is 0.459 e. The third kappa shape index (κ3) is 4.40. The van der Waals surface area contributed by atoms with Crippen LogP contribution in [0, 0.1) is 3.57 Å². The monoisotopic (exact) mass is 466 g/mol. The molecule has 0 aliphatic rings. The van der Waals surface area contributed by atoms with Crippen LogP contribution in [0.25, 0.3) is 0 Å². The Morgan fingerprint density at radius 1 is 0.920 bits per heavy atom. The maximum atomic E-state index is 12.3. The molecule has 3 aromatic rings. The fourth-order valence-electron chi connectivity index (χ4n) is 2.11. The minimum Gasteiger partial charge on any atom is -0.459 e. The summed E-state index contributed by atoms with van der Waals surface area (Å²) in [4.78, 5) is 24.2. The van der Waals surface area contributed by atoms with Crippen molar-refractivity contribution in [3.63, 3.8) is 0 Å². The van der Waals surface area contributed by atoms with Crippen LogP contribution in [0.2, 0.25) is 5.02 Å². The molecule has 0 aliphatic heterocycles. The molecule has 5 nitrogen and oxygen atoms in total. The van der Waals surface area contributed by atoms with Gasteiger partial charge in [0, 0.05) is 14.9 Å². The van der Waals surface area contributed by atoms with Crippen molar-refractivity contribution in [1.29, 1.82) is 0 Å². The summed E-state index contributed by atoms with van der Waals surface area (Å²) in [6.07, 6.45) is 1.43. The first kappa shape index (κ1) is 17.5. The number of hydrogen-bond acceptors (Lipinski definition) is 3. The molecule has 2 aromatic carbocycles. The van der Waals surface area contributed by atoms with Crippen molar-refractivity contribution >= 4 is 57.4 Å². The average molecular weight is 467 g/mol. The van der Waals surface area contributed by atoms with Gasteiger partial charge in [0.2, 0.25) is 0 Å². The number of halogens is 2. The highest BCUT2D eigenvalue weighted by Crippen LogP contribution is 2.21. The SMILES string of the molecule is O=C(Nc1ccc(NC(=O)c2cc(I)ccc2Cl)cc1)c1ccco1. The molecular formula is C18H12ClIN2O3. The van der Waals surface area contributed by atoms with Gasteiger partial charge >= 0.3 is 0 Å². The van der Waals surface area contributed by atoms with Gasteiger partial charge in [-0.2, -0.15) is 0 Å². The number of carbonyl (C=O) groups excluding carboxylic acids is 2. The molecule has 3 rings (SSSR count). The van der Waals surface area contributed by atoms with E-state index < -0.39 is 0 Å². The second kappa shape index (κ2) is 7.71. The van der Waals surface area contributed by atoms with Crippen molar-refractivity contribution in [2.75, 3.05) is 10.6 Å². The van der Waals surface area contributed by atoms with Crippen molar-refractivity contribution in [3.8, 4) is 0 Å². The van der Waals surface area contributed by atoms with Gasteiger partial charge in [0.15, 0.2) is 5.76 Å². The summed E-state index contributed by atoms with van der Waals surface area (Å²) >= 11 is 8.19. The van der Waals surface area contributed by atoms with Crippen LogP contribution in [-0.4, -0.2) is 11.8 Å². The van der Waals surface area contributed by atoms with Gasteiger partial charge in [-0.05, 0) is 77.2 Å². The second-order valence-corrected chi connectivity index (χ2v) is 6.74. The molecule has 1 aromatic heterocycles. The van der Waals surface area contributed by atoms with E-state index in [2.05, 4.69) is 33.2 Å². The molecule has 126 valence electrons. The molecule has 1 heterocycles. The third-order valence-corrected chi connectivity index (χ3v) is 4.32. The molecule has 0 saturated heterocycles. The summed E-state index contributed by atoms with van der Waals surface area (Å²) < 4.78 is 5.95.